The molecule has 3 unspecified atom stereocenters. The molecule has 3 aliphatic heterocycles. The largest absolute Gasteiger partial charge is 0.493 e. The minimum atomic E-state index is -0.312. The number of rotatable bonds is 20. The fraction of sp³-hybridized carbons (Fsp3) is 0.457. The number of nitrogens with zero attached hydrogens (tertiary/aromatic N) is 1. The number of anilines is 2. The van der Waals surface area contributed by atoms with Crippen molar-refractivity contribution < 1.29 is 23.5 Å². The Balaban J connectivity index is 0.802. The van der Waals surface area contributed by atoms with Crippen LogP contribution >= 0.6 is 33.3 Å². The number of carbonyl (C=O) groups is 2. The Labute approximate surface area is 308 Å². The predicted octanol–water partition coefficient (Wildman–Crippen LogP) is 5.60. The lowest BCUT2D eigenvalue weighted by Gasteiger charge is -2.14. The molecule has 6 rings (SSSR count). The Morgan fingerprint density at radius 2 is 1.86 bits per heavy atom. The summed E-state index contributed by atoms with van der Waals surface area (Å²) in [7, 11) is 4.91. The number of methoxy groups -OCH3 is 1. The number of nitrogens with one attached hydrogen (secondary N) is 6. The third kappa shape index (κ3) is 9.92. The summed E-state index contributed by atoms with van der Waals surface area (Å²) < 4.78 is 25.3. The lowest BCUT2D eigenvalue weighted by molar-refractivity contribution is -0.121. The Morgan fingerprint density at radius 3 is 2.73 bits per heavy atom. The molecule has 1 saturated heterocycles. The molecule has 3 heterocycles. The molecular formula is C35H45FN8O4S3. The van der Waals surface area contributed by atoms with Crippen molar-refractivity contribution in [3.8, 4) is 22.8 Å². The quantitative estimate of drug-likeness (QED) is 0.0445. The molecule has 51 heavy (non-hydrogen) atoms. The summed E-state index contributed by atoms with van der Waals surface area (Å²) in [5.74, 6) is 4.85. The van der Waals surface area contributed by atoms with E-state index in [2.05, 4.69) is 36.5 Å². The minimum absolute atomic E-state index is 0.00576. The van der Waals surface area contributed by atoms with Crippen LogP contribution in [0.5, 0.6) is 11.5 Å². The lowest BCUT2D eigenvalue weighted by atomic mass is 10.0. The highest BCUT2D eigenvalue weighted by molar-refractivity contribution is 8.76. The van der Waals surface area contributed by atoms with E-state index in [0.29, 0.717) is 79.1 Å². The standard InChI is InChI=1S/C35H45FN8O4S3/c1-47-27-17-21-16-25-32(43-44-34(25)40-23-7-4-6-22(36)18-23)24(21)19-28(27)48-13-5-11-38-31(46)10-14-50-51-15-12-39-30(45)9-3-2-8-29-33-26(20-49-29)41-35(37)42-33/h4,6-7,16-19,26,29,33,40,43-44H,2-3,5,8-15,20H2,1H3,(H,38,46)(H,39,45)(H3,37,41,42). The number of ether oxygens (including phenoxy) is 2. The first-order chi connectivity index (χ1) is 24.9. The first kappa shape index (κ1) is 36.9. The molecule has 2 aromatic rings. The second-order valence-electron chi connectivity index (χ2n) is 12.5. The van der Waals surface area contributed by atoms with E-state index in [0.717, 1.165) is 58.6 Å². The van der Waals surface area contributed by atoms with Gasteiger partial charge < -0.3 is 36.5 Å². The van der Waals surface area contributed by atoms with Gasteiger partial charge in [0.15, 0.2) is 17.5 Å². The third-order valence-electron chi connectivity index (χ3n) is 8.80. The molecule has 0 saturated carbocycles. The van der Waals surface area contributed by atoms with Crippen molar-refractivity contribution in [3.63, 3.8) is 0 Å². The van der Waals surface area contributed by atoms with Gasteiger partial charge in [-0.3, -0.25) is 19.8 Å². The van der Waals surface area contributed by atoms with Crippen molar-refractivity contribution in [2.24, 2.45) is 10.7 Å². The first-order valence-electron chi connectivity index (χ1n) is 17.2. The maximum absolute atomic E-state index is 13.7. The van der Waals surface area contributed by atoms with Crippen LogP contribution in [-0.2, 0) is 9.59 Å². The molecule has 2 amide bonds. The summed E-state index contributed by atoms with van der Waals surface area (Å²) in [4.78, 5) is 29.0. The van der Waals surface area contributed by atoms with Gasteiger partial charge in [0, 0.05) is 65.1 Å². The van der Waals surface area contributed by atoms with E-state index < -0.39 is 0 Å². The number of aromatic nitrogens is 2. The van der Waals surface area contributed by atoms with Gasteiger partial charge >= 0.3 is 0 Å². The number of fused-ring (bicyclic) bond motifs is 4. The molecule has 0 aromatic heterocycles. The van der Waals surface area contributed by atoms with Crippen molar-refractivity contribution in [2.75, 3.05) is 49.4 Å². The molecule has 2 aromatic carbocycles. The van der Waals surface area contributed by atoms with Crippen LogP contribution in [0.4, 0.5) is 15.9 Å². The van der Waals surface area contributed by atoms with Crippen molar-refractivity contribution in [3.05, 3.63) is 48.3 Å². The van der Waals surface area contributed by atoms with Crippen LogP contribution in [0.25, 0.3) is 22.0 Å². The van der Waals surface area contributed by atoms with E-state index in [1.54, 1.807) is 40.8 Å². The maximum Gasteiger partial charge on any atom is 0.220 e. The summed E-state index contributed by atoms with van der Waals surface area (Å²) in [6.45, 7) is 1.54. The molecular weight excluding hydrogens is 712 g/mol. The van der Waals surface area contributed by atoms with Crippen LogP contribution in [0.2, 0.25) is 0 Å². The van der Waals surface area contributed by atoms with Crippen LogP contribution in [-0.4, -0.2) is 89.4 Å². The Bertz CT molecular complexity index is 1780. The first-order valence-corrected chi connectivity index (χ1v) is 20.8. The number of halogens is 1. The van der Waals surface area contributed by atoms with Gasteiger partial charge in [0.1, 0.15) is 11.6 Å². The number of aromatic amines is 2. The zero-order valence-electron chi connectivity index (χ0n) is 28.5. The second kappa shape index (κ2) is 18.0. The van der Waals surface area contributed by atoms with Crippen LogP contribution in [0.3, 0.4) is 0 Å². The number of benzene rings is 2. The van der Waals surface area contributed by atoms with Crippen LogP contribution in [0, 0.1) is 5.82 Å². The van der Waals surface area contributed by atoms with Gasteiger partial charge in [-0.15, -0.1) is 0 Å². The number of unbranched alkanes of at least 4 members (excludes halogenated alkanes) is 1. The summed E-state index contributed by atoms with van der Waals surface area (Å²) >= 11 is 1.95. The van der Waals surface area contributed by atoms with Gasteiger partial charge in [-0.25, -0.2) is 9.38 Å². The van der Waals surface area contributed by atoms with E-state index in [1.165, 1.54) is 12.1 Å². The van der Waals surface area contributed by atoms with Crippen molar-refractivity contribution in [1.82, 2.24) is 26.1 Å². The normalized spacial score (nSPS) is 18.0. The number of hydrogen-bond donors (Lipinski definition) is 7. The second-order valence-corrected chi connectivity index (χ2v) is 16.4. The highest BCUT2D eigenvalue weighted by atomic mass is 33.1. The fourth-order valence-electron chi connectivity index (χ4n) is 6.29. The summed E-state index contributed by atoms with van der Waals surface area (Å²) in [6, 6.07) is 12.9. The molecule has 4 aliphatic rings. The van der Waals surface area contributed by atoms with E-state index in [1.807, 2.05) is 30.0 Å². The highest BCUT2D eigenvalue weighted by Crippen LogP contribution is 2.43. The van der Waals surface area contributed by atoms with Crippen LogP contribution in [0.15, 0.2) is 47.5 Å². The van der Waals surface area contributed by atoms with E-state index in [9.17, 15) is 14.0 Å². The number of hydrogen-bond acceptors (Lipinski definition) is 11. The molecule has 0 spiro atoms. The van der Waals surface area contributed by atoms with Gasteiger partial charge in [-0.1, -0.05) is 34.1 Å². The Kier molecular flexibility index (Phi) is 13.1. The third-order valence-corrected chi connectivity index (χ3v) is 12.7. The van der Waals surface area contributed by atoms with Crippen LogP contribution < -0.4 is 36.5 Å². The van der Waals surface area contributed by atoms with Gasteiger partial charge in [0.05, 0.1) is 31.5 Å². The molecule has 0 bridgehead atoms. The number of aliphatic imine (C=N–C) groups is 1. The molecule has 12 nitrogen and oxygen atoms in total. The summed E-state index contributed by atoms with van der Waals surface area (Å²) in [6.07, 6.45) is 4.58. The van der Waals surface area contributed by atoms with Gasteiger partial charge in [0.2, 0.25) is 11.8 Å². The smallest absolute Gasteiger partial charge is 0.220 e. The number of H-pyrrole nitrogens is 2. The van der Waals surface area contributed by atoms with Crippen molar-refractivity contribution in [2.45, 2.75) is 55.9 Å². The van der Waals surface area contributed by atoms with Gasteiger partial charge in [-0.2, -0.15) is 11.8 Å². The maximum atomic E-state index is 13.7. The zero-order valence-corrected chi connectivity index (χ0v) is 31.0. The predicted molar refractivity (Wildman–Crippen MR) is 208 cm³/mol. The molecule has 3 atom stereocenters. The number of thioether (sulfide) groups is 1. The number of carbonyl (C=O) groups excluding carboxylic acids is 2. The summed E-state index contributed by atoms with van der Waals surface area (Å²) in [5.41, 5.74) is 8.27. The zero-order chi connectivity index (χ0) is 35.6. The highest BCUT2D eigenvalue weighted by Gasteiger charge is 2.40. The average Bonchev–Trinajstić information content (AvgIpc) is 3.87. The number of guanidine groups is 1. The molecule has 1 aliphatic carbocycles. The van der Waals surface area contributed by atoms with Gasteiger partial charge in [-0.05, 0) is 61.0 Å². The molecule has 16 heteroatoms. The lowest BCUT2D eigenvalue weighted by Crippen LogP contribution is -2.38. The molecule has 8 N–H and O–H groups in total. The number of amides is 2. The number of nitrogens with two attached hydrogens (primary N) is 1. The van der Waals surface area contributed by atoms with Crippen LogP contribution in [0.1, 0.15) is 38.5 Å². The van der Waals surface area contributed by atoms with Crippen molar-refractivity contribution in [1.29, 1.82) is 0 Å². The van der Waals surface area contributed by atoms with E-state index in [4.69, 9.17) is 15.2 Å². The Hall–Kier alpha value is -3.89. The fourth-order valence-corrected chi connectivity index (χ4v) is 9.70. The average molecular weight is 757 g/mol. The molecule has 1 fully saturated rings. The molecule has 274 valence electrons. The van der Waals surface area contributed by atoms with Gasteiger partial charge in [0.25, 0.3) is 0 Å². The minimum Gasteiger partial charge on any atom is -0.493 e. The monoisotopic (exact) mass is 756 g/mol. The SMILES string of the molecule is COc1cc2cc3c(Nc4cccc(F)c4)[nH][nH]c-3c2cc1OCCCNC(=O)CCSSCCNC(=O)CCCCC1SCC2NC(N)=NC21. The molecule has 0 radical (unpaired) electrons. The topological polar surface area (TPSA) is 171 Å². The summed E-state index contributed by atoms with van der Waals surface area (Å²) in [5, 5.41) is 21.2. The van der Waals surface area contributed by atoms with Crippen molar-refractivity contribution >= 4 is 73.4 Å². The Morgan fingerprint density at radius 1 is 1.02 bits per heavy atom. The van der Waals surface area contributed by atoms with E-state index >= 15 is 0 Å². The van der Waals surface area contributed by atoms with E-state index in [-0.39, 0.29) is 23.7 Å².